The lowest BCUT2D eigenvalue weighted by Gasteiger charge is -2.39. The van der Waals surface area contributed by atoms with Crippen LogP contribution in [0.4, 0.5) is 0 Å². The third kappa shape index (κ3) is 5.43. The van der Waals surface area contributed by atoms with Gasteiger partial charge in [0.25, 0.3) is 0 Å². The maximum Gasteiger partial charge on any atom is 0.339 e. The molecule has 0 amide bonds. The van der Waals surface area contributed by atoms with Gasteiger partial charge in [-0.3, -0.25) is 0 Å². The monoisotopic (exact) mass is 360 g/mol. The molecule has 1 heterocycles. The summed E-state index contributed by atoms with van der Waals surface area (Å²) in [5.41, 5.74) is 0.493. The molecule has 3 atom stereocenters. The molecular formula is C20H28O4Si. The van der Waals surface area contributed by atoms with Crippen LogP contribution in [0.15, 0.2) is 30.3 Å². The third-order valence-corrected chi connectivity index (χ3v) is 9.42. The number of terminal acetylenes is 1. The van der Waals surface area contributed by atoms with Crippen molar-refractivity contribution >= 4 is 14.3 Å². The summed E-state index contributed by atoms with van der Waals surface area (Å²) in [5.74, 6) is 2.17. The molecular weight excluding hydrogens is 332 g/mol. The van der Waals surface area contributed by atoms with E-state index in [1.54, 1.807) is 24.3 Å². The predicted molar refractivity (Wildman–Crippen MR) is 101 cm³/mol. The minimum absolute atomic E-state index is 0.0420. The van der Waals surface area contributed by atoms with Crippen LogP contribution in [0.25, 0.3) is 0 Å². The number of epoxide rings is 1. The van der Waals surface area contributed by atoms with Gasteiger partial charge in [0.1, 0.15) is 6.10 Å². The summed E-state index contributed by atoms with van der Waals surface area (Å²) in [6.07, 6.45) is 5.32. The van der Waals surface area contributed by atoms with Crippen LogP contribution in [0.2, 0.25) is 18.1 Å². The number of hydrogen-bond acceptors (Lipinski definition) is 4. The van der Waals surface area contributed by atoms with Gasteiger partial charge in [-0.15, -0.1) is 6.42 Å². The largest absolute Gasteiger partial charge is 0.445 e. The number of carbonyl (C=O) groups excluding carboxylic acids is 1. The second-order valence-corrected chi connectivity index (χ2v) is 12.7. The van der Waals surface area contributed by atoms with Gasteiger partial charge in [0.15, 0.2) is 14.4 Å². The fourth-order valence-corrected chi connectivity index (χ4v) is 3.59. The highest BCUT2D eigenvalue weighted by atomic mass is 28.4. The summed E-state index contributed by atoms with van der Waals surface area (Å²) in [7, 11) is -1.96. The van der Waals surface area contributed by atoms with Crippen LogP contribution in [0, 0.1) is 12.3 Å². The van der Waals surface area contributed by atoms with E-state index in [1.807, 2.05) is 6.07 Å². The zero-order chi connectivity index (χ0) is 18.7. The van der Waals surface area contributed by atoms with E-state index in [9.17, 15) is 4.79 Å². The second-order valence-electron chi connectivity index (χ2n) is 7.95. The van der Waals surface area contributed by atoms with E-state index < -0.39 is 20.4 Å². The van der Waals surface area contributed by atoms with Crippen molar-refractivity contribution in [3.63, 3.8) is 0 Å². The van der Waals surface area contributed by atoms with Crippen molar-refractivity contribution in [2.24, 2.45) is 0 Å². The fourth-order valence-electron chi connectivity index (χ4n) is 2.23. The van der Waals surface area contributed by atoms with Crippen LogP contribution in [-0.2, 0) is 13.9 Å². The Hall–Kier alpha value is -1.61. The molecule has 0 spiro atoms. The summed E-state index contributed by atoms with van der Waals surface area (Å²) >= 11 is 0. The molecule has 1 fully saturated rings. The highest BCUT2D eigenvalue weighted by molar-refractivity contribution is 6.74. The smallest absolute Gasteiger partial charge is 0.339 e. The van der Waals surface area contributed by atoms with E-state index in [2.05, 4.69) is 39.8 Å². The Balaban J connectivity index is 2.02. The van der Waals surface area contributed by atoms with E-state index >= 15 is 0 Å². The number of esters is 1. The zero-order valence-electron chi connectivity index (χ0n) is 15.7. The van der Waals surface area contributed by atoms with Crippen molar-refractivity contribution in [1.82, 2.24) is 0 Å². The normalized spacial score (nSPS) is 19.6. The van der Waals surface area contributed by atoms with Crippen molar-refractivity contribution < 1.29 is 18.7 Å². The van der Waals surface area contributed by atoms with Gasteiger partial charge in [-0.1, -0.05) is 44.9 Å². The van der Waals surface area contributed by atoms with E-state index in [-0.39, 0.29) is 17.2 Å². The van der Waals surface area contributed by atoms with Gasteiger partial charge in [-0.05, 0) is 30.3 Å². The Morgan fingerprint density at radius 3 is 2.44 bits per heavy atom. The zero-order valence-corrected chi connectivity index (χ0v) is 16.7. The Kier molecular flexibility index (Phi) is 6.10. The molecule has 136 valence electrons. The predicted octanol–water partition coefficient (Wildman–Crippen LogP) is 4.02. The molecule has 1 aliphatic rings. The lowest BCUT2D eigenvalue weighted by molar-refractivity contribution is 0.0275. The lowest BCUT2D eigenvalue weighted by Crippen LogP contribution is -2.46. The first kappa shape index (κ1) is 19.7. The minimum atomic E-state index is -1.96. The molecule has 3 unspecified atom stereocenters. The maximum atomic E-state index is 12.2. The highest BCUT2D eigenvalue weighted by Crippen LogP contribution is 2.39. The molecule has 5 heteroatoms. The van der Waals surface area contributed by atoms with Crippen molar-refractivity contribution in [1.29, 1.82) is 0 Å². The quantitative estimate of drug-likeness (QED) is 0.319. The molecule has 0 radical (unpaired) electrons. The van der Waals surface area contributed by atoms with Crippen molar-refractivity contribution in [2.45, 2.75) is 63.6 Å². The number of hydrogen-bond donors (Lipinski definition) is 0. The molecule has 1 saturated heterocycles. The highest BCUT2D eigenvalue weighted by Gasteiger charge is 2.44. The summed E-state index contributed by atoms with van der Waals surface area (Å²) in [5, 5.41) is 0.0898. The van der Waals surface area contributed by atoms with E-state index in [1.165, 1.54) is 0 Å². The average Bonchev–Trinajstić information content (AvgIpc) is 3.37. The van der Waals surface area contributed by atoms with Crippen LogP contribution in [0.1, 0.15) is 37.6 Å². The summed E-state index contributed by atoms with van der Waals surface area (Å²) < 4.78 is 17.4. The maximum absolute atomic E-state index is 12.2. The molecule has 1 aromatic rings. The van der Waals surface area contributed by atoms with Gasteiger partial charge in [0.05, 0.1) is 18.3 Å². The summed E-state index contributed by atoms with van der Waals surface area (Å²) in [4.78, 5) is 12.2. The molecule has 25 heavy (non-hydrogen) atoms. The first-order chi connectivity index (χ1) is 11.6. The molecule has 1 aromatic carbocycles. The summed E-state index contributed by atoms with van der Waals surface area (Å²) in [6.45, 7) is 11.6. The number of carbonyl (C=O) groups is 1. The standard InChI is InChI=1S/C20H28O4Si/c1-7-16(23-19(21)15-11-9-8-10-12-15)13-17(18-14-22-18)24-25(5,6)20(2,3)4/h1,8-12,16-18H,13-14H2,2-6H3. The lowest BCUT2D eigenvalue weighted by atomic mass is 10.1. The average molecular weight is 361 g/mol. The topological polar surface area (TPSA) is 48.1 Å². The Morgan fingerprint density at radius 2 is 1.96 bits per heavy atom. The van der Waals surface area contributed by atoms with Crippen molar-refractivity contribution in [3.05, 3.63) is 35.9 Å². The van der Waals surface area contributed by atoms with Crippen LogP contribution in [0.3, 0.4) is 0 Å². The first-order valence-corrected chi connectivity index (χ1v) is 11.6. The van der Waals surface area contributed by atoms with Gasteiger partial charge < -0.3 is 13.9 Å². The van der Waals surface area contributed by atoms with Crippen LogP contribution in [0.5, 0.6) is 0 Å². The van der Waals surface area contributed by atoms with E-state index in [0.717, 1.165) is 0 Å². The molecule has 0 N–H and O–H groups in total. The Labute approximate surface area is 152 Å². The van der Waals surface area contributed by atoms with Gasteiger partial charge in [-0.25, -0.2) is 4.79 Å². The van der Waals surface area contributed by atoms with Crippen LogP contribution < -0.4 is 0 Å². The Bertz CT molecular complexity index is 623. The number of rotatable bonds is 7. The molecule has 0 bridgehead atoms. The number of ether oxygens (including phenoxy) is 2. The first-order valence-electron chi connectivity index (χ1n) is 8.65. The summed E-state index contributed by atoms with van der Waals surface area (Å²) in [6, 6.07) is 8.86. The fraction of sp³-hybridized carbons (Fsp3) is 0.550. The van der Waals surface area contributed by atoms with Gasteiger partial charge in [-0.2, -0.15) is 0 Å². The molecule has 0 aromatic heterocycles. The van der Waals surface area contributed by atoms with Crippen molar-refractivity contribution in [2.75, 3.05) is 6.61 Å². The Morgan fingerprint density at radius 1 is 1.36 bits per heavy atom. The van der Waals surface area contributed by atoms with Crippen LogP contribution in [-0.4, -0.2) is 39.2 Å². The van der Waals surface area contributed by atoms with Gasteiger partial charge in [0.2, 0.25) is 0 Å². The molecule has 4 nitrogen and oxygen atoms in total. The van der Waals surface area contributed by atoms with Gasteiger partial charge in [0, 0.05) is 6.42 Å². The van der Waals surface area contributed by atoms with Gasteiger partial charge >= 0.3 is 5.97 Å². The molecule has 0 saturated carbocycles. The SMILES string of the molecule is C#CC(CC(O[Si](C)(C)C(C)(C)C)C1CO1)OC(=O)c1ccccc1. The van der Waals surface area contributed by atoms with E-state index in [0.29, 0.717) is 18.6 Å². The molecule has 1 aliphatic heterocycles. The van der Waals surface area contributed by atoms with Crippen LogP contribution >= 0.6 is 0 Å². The molecule has 0 aliphatic carbocycles. The van der Waals surface area contributed by atoms with E-state index in [4.69, 9.17) is 20.3 Å². The van der Waals surface area contributed by atoms with Crippen molar-refractivity contribution in [3.8, 4) is 12.3 Å². The number of benzene rings is 1. The second kappa shape index (κ2) is 7.73. The third-order valence-electron chi connectivity index (χ3n) is 4.92. The minimum Gasteiger partial charge on any atom is -0.445 e. The molecule has 2 rings (SSSR count).